The SMILES string of the molecule is C[C@@H](NC(=O)[C@@]1(S(=O)Cc2ccccc2)[C@@H]2C=C[C@@H](C2)[C@@H]1Cl)c1ccccc1. The van der Waals surface area contributed by atoms with Gasteiger partial charge in [0.2, 0.25) is 5.91 Å². The topological polar surface area (TPSA) is 46.2 Å². The third kappa shape index (κ3) is 3.23. The number of allylic oxidation sites excluding steroid dienone is 2. The zero-order valence-electron chi connectivity index (χ0n) is 15.8. The van der Waals surface area contributed by atoms with Crippen LogP contribution in [0, 0.1) is 11.8 Å². The summed E-state index contributed by atoms with van der Waals surface area (Å²) in [6, 6.07) is 19.3. The molecule has 2 aliphatic rings. The van der Waals surface area contributed by atoms with Crippen LogP contribution < -0.4 is 5.32 Å². The molecular formula is C23H24ClNO2S. The molecule has 5 heteroatoms. The van der Waals surface area contributed by atoms with Gasteiger partial charge in [-0.2, -0.15) is 0 Å². The summed E-state index contributed by atoms with van der Waals surface area (Å²) in [5, 5.41) is 2.65. The first-order valence-electron chi connectivity index (χ1n) is 9.64. The van der Waals surface area contributed by atoms with E-state index in [4.69, 9.17) is 11.6 Å². The summed E-state index contributed by atoms with van der Waals surface area (Å²) in [7, 11) is -1.43. The van der Waals surface area contributed by atoms with Crippen LogP contribution in [-0.4, -0.2) is 20.2 Å². The van der Waals surface area contributed by atoms with Crippen LogP contribution in [0.25, 0.3) is 0 Å². The fourth-order valence-electron chi connectivity index (χ4n) is 4.46. The molecule has 3 nitrogen and oxygen atoms in total. The van der Waals surface area contributed by atoms with Gasteiger partial charge in [-0.05, 0) is 30.4 Å². The van der Waals surface area contributed by atoms with E-state index < -0.39 is 20.9 Å². The molecule has 1 amide bonds. The predicted molar refractivity (Wildman–Crippen MR) is 114 cm³/mol. The lowest BCUT2D eigenvalue weighted by molar-refractivity contribution is -0.124. The van der Waals surface area contributed by atoms with Crippen LogP contribution in [0.15, 0.2) is 72.8 Å². The second kappa shape index (κ2) is 7.84. The molecule has 2 aromatic carbocycles. The molecule has 6 atom stereocenters. The predicted octanol–water partition coefficient (Wildman–Crippen LogP) is 4.36. The molecule has 1 saturated carbocycles. The van der Waals surface area contributed by atoms with Crippen molar-refractivity contribution in [1.29, 1.82) is 0 Å². The summed E-state index contributed by atoms with van der Waals surface area (Å²) >= 11 is 6.81. The van der Waals surface area contributed by atoms with Gasteiger partial charge in [0.15, 0.2) is 0 Å². The molecule has 4 rings (SSSR count). The van der Waals surface area contributed by atoms with Crippen molar-refractivity contribution in [3.05, 3.63) is 83.9 Å². The lowest BCUT2D eigenvalue weighted by atomic mass is 9.90. The highest BCUT2D eigenvalue weighted by Crippen LogP contribution is 2.53. The summed E-state index contributed by atoms with van der Waals surface area (Å²) in [6.45, 7) is 1.95. The van der Waals surface area contributed by atoms with E-state index in [2.05, 4.69) is 11.4 Å². The average molecular weight is 414 g/mol. The number of alkyl halides is 1. The monoisotopic (exact) mass is 413 g/mol. The summed E-state index contributed by atoms with van der Waals surface area (Å²) < 4.78 is 12.5. The van der Waals surface area contributed by atoms with Gasteiger partial charge in [0, 0.05) is 22.5 Å². The first-order chi connectivity index (χ1) is 13.5. The zero-order valence-corrected chi connectivity index (χ0v) is 17.3. The Kier molecular flexibility index (Phi) is 5.44. The molecule has 2 aliphatic carbocycles. The van der Waals surface area contributed by atoms with Crippen LogP contribution in [0.2, 0.25) is 0 Å². The Morgan fingerprint density at radius 1 is 1.14 bits per heavy atom. The largest absolute Gasteiger partial charge is 0.348 e. The lowest BCUT2D eigenvalue weighted by Crippen LogP contribution is -2.59. The number of nitrogens with one attached hydrogen (secondary N) is 1. The molecular weight excluding hydrogens is 390 g/mol. The summed E-state index contributed by atoms with van der Waals surface area (Å²) in [5.74, 6) is 0.139. The Morgan fingerprint density at radius 2 is 1.79 bits per heavy atom. The van der Waals surface area contributed by atoms with Crippen molar-refractivity contribution >= 4 is 28.3 Å². The van der Waals surface area contributed by atoms with Gasteiger partial charge in [-0.3, -0.25) is 9.00 Å². The molecule has 1 unspecified atom stereocenters. The van der Waals surface area contributed by atoms with E-state index >= 15 is 0 Å². The molecule has 0 radical (unpaired) electrons. The van der Waals surface area contributed by atoms with Crippen molar-refractivity contribution in [3.8, 4) is 0 Å². The second-order valence-corrected chi connectivity index (χ2v) is 9.79. The minimum atomic E-state index is -1.43. The van der Waals surface area contributed by atoms with Crippen molar-refractivity contribution in [2.75, 3.05) is 0 Å². The maximum absolute atomic E-state index is 13.6. The molecule has 2 bridgehead atoms. The van der Waals surface area contributed by atoms with Gasteiger partial charge in [0.05, 0.1) is 11.4 Å². The summed E-state index contributed by atoms with van der Waals surface area (Å²) in [6.07, 6.45) is 4.91. The average Bonchev–Trinajstić information content (AvgIpc) is 3.30. The number of halogens is 1. The van der Waals surface area contributed by atoms with Gasteiger partial charge in [0.1, 0.15) is 4.75 Å². The smallest absolute Gasteiger partial charge is 0.241 e. The van der Waals surface area contributed by atoms with Crippen LogP contribution in [0.1, 0.15) is 30.5 Å². The fourth-order valence-corrected chi connectivity index (χ4v) is 7.14. The Hall–Kier alpha value is -1.91. The van der Waals surface area contributed by atoms with E-state index in [1.54, 1.807) is 0 Å². The van der Waals surface area contributed by atoms with Crippen LogP contribution in [0.4, 0.5) is 0 Å². The van der Waals surface area contributed by atoms with Gasteiger partial charge in [-0.15, -0.1) is 11.6 Å². The Balaban J connectivity index is 1.63. The first kappa shape index (κ1) is 19.4. The second-order valence-electron chi connectivity index (χ2n) is 7.67. The Bertz CT molecular complexity index is 901. The van der Waals surface area contributed by atoms with Crippen molar-refractivity contribution in [2.24, 2.45) is 11.8 Å². The highest BCUT2D eigenvalue weighted by molar-refractivity contribution is 7.86. The highest BCUT2D eigenvalue weighted by atomic mass is 35.5. The fraction of sp³-hybridized carbons (Fsp3) is 0.348. The van der Waals surface area contributed by atoms with Gasteiger partial charge in [-0.1, -0.05) is 72.8 Å². The molecule has 0 aliphatic heterocycles. The maximum Gasteiger partial charge on any atom is 0.241 e. The Morgan fingerprint density at radius 3 is 2.39 bits per heavy atom. The van der Waals surface area contributed by atoms with Gasteiger partial charge < -0.3 is 5.32 Å². The standard InChI is InChI=1S/C23H24ClNO2S/c1-16(18-10-6-3-7-11-18)25-22(26)23(20-13-12-19(14-20)21(23)24)28(27)15-17-8-4-2-5-9-17/h2-13,16,19-21H,14-15H2,1H3,(H,25,26)/t16-,19+,20-,21+,23-,28?/m1/s1. The summed E-state index contributed by atoms with van der Waals surface area (Å²) in [5.41, 5.74) is 1.98. The highest BCUT2D eigenvalue weighted by Gasteiger charge is 2.63. The molecule has 28 heavy (non-hydrogen) atoms. The maximum atomic E-state index is 13.6. The quantitative estimate of drug-likeness (QED) is 0.564. The number of amides is 1. The number of rotatable bonds is 6. The number of carbonyl (C=O) groups is 1. The van der Waals surface area contributed by atoms with Crippen molar-refractivity contribution < 1.29 is 9.00 Å². The minimum absolute atomic E-state index is 0.0903. The molecule has 0 heterocycles. The van der Waals surface area contributed by atoms with E-state index in [0.29, 0.717) is 5.75 Å². The van der Waals surface area contributed by atoms with Crippen LogP contribution in [0.5, 0.6) is 0 Å². The van der Waals surface area contributed by atoms with Crippen molar-refractivity contribution in [1.82, 2.24) is 5.32 Å². The van der Waals surface area contributed by atoms with Crippen LogP contribution >= 0.6 is 11.6 Å². The molecule has 1 fully saturated rings. The van der Waals surface area contributed by atoms with E-state index in [-0.39, 0.29) is 23.8 Å². The van der Waals surface area contributed by atoms with Crippen molar-refractivity contribution in [2.45, 2.75) is 35.3 Å². The molecule has 0 saturated heterocycles. The van der Waals surface area contributed by atoms with E-state index in [0.717, 1.165) is 17.5 Å². The number of hydrogen-bond acceptors (Lipinski definition) is 2. The number of carbonyl (C=O) groups excluding carboxylic acids is 1. The third-order valence-corrected chi connectivity index (χ3v) is 8.86. The number of benzene rings is 2. The lowest BCUT2D eigenvalue weighted by Gasteiger charge is -2.37. The Labute approximate surface area is 173 Å². The molecule has 2 aromatic rings. The first-order valence-corrected chi connectivity index (χ1v) is 11.4. The molecule has 0 spiro atoms. The van der Waals surface area contributed by atoms with Crippen LogP contribution in [0.3, 0.4) is 0 Å². The number of fused-ring (bicyclic) bond motifs is 2. The van der Waals surface area contributed by atoms with Gasteiger partial charge in [-0.25, -0.2) is 0 Å². The third-order valence-electron chi connectivity index (χ3n) is 5.97. The number of hydrogen-bond donors (Lipinski definition) is 1. The molecule has 0 aromatic heterocycles. The van der Waals surface area contributed by atoms with Crippen molar-refractivity contribution in [3.63, 3.8) is 0 Å². The molecule has 1 N–H and O–H groups in total. The summed E-state index contributed by atoms with van der Waals surface area (Å²) in [4.78, 5) is 13.6. The van der Waals surface area contributed by atoms with E-state index in [1.807, 2.05) is 73.7 Å². The van der Waals surface area contributed by atoms with Gasteiger partial charge in [0.25, 0.3) is 0 Å². The van der Waals surface area contributed by atoms with E-state index in [9.17, 15) is 9.00 Å². The van der Waals surface area contributed by atoms with E-state index in [1.165, 1.54) is 0 Å². The molecule has 146 valence electrons. The normalized spacial score (nSPS) is 30.1. The minimum Gasteiger partial charge on any atom is -0.348 e. The van der Waals surface area contributed by atoms with Crippen LogP contribution in [-0.2, 0) is 21.3 Å². The zero-order chi connectivity index (χ0) is 19.7. The van der Waals surface area contributed by atoms with Gasteiger partial charge >= 0.3 is 0 Å².